The quantitative estimate of drug-likeness (QED) is 0.399. The Bertz CT molecular complexity index is 1030. The lowest BCUT2D eigenvalue weighted by molar-refractivity contribution is -0.384. The van der Waals surface area contributed by atoms with Crippen LogP contribution in [-0.2, 0) is 0 Å². The van der Waals surface area contributed by atoms with E-state index in [0.717, 1.165) is 22.3 Å². The highest BCUT2D eigenvalue weighted by molar-refractivity contribution is 5.63. The van der Waals surface area contributed by atoms with Crippen molar-refractivity contribution in [2.45, 2.75) is 6.04 Å². The smallest absolute Gasteiger partial charge is 0.258 e. The van der Waals surface area contributed by atoms with E-state index < -0.39 is 4.92 Å². The third-order valence-electron chi connectivity index (χ3n) is 4.38. The summed E-state index contributed by atoms with van der Waals surface area (Å²) in [4.78, 5) is 10.5. The van der Waals surface area contributed by atoms with Gasteiger partial charge in [0, 0.05) is 12.1 Å². The van der Waals surface area contributed by atoms with Gasteiger partial charge < -0.3 is 0 Å². The fourth-order valence-corrected chi connectivity index (χ4v) is 3.05. The average molecular weight is 357 g/mol. The minimum absolute atomic E-state index is 0.0497. The number of hydrogen-bond acceptors (Lipinski definition) is 5. The van der Waals surface area contributed by atoms with Gasteiger partial charge in [0.15, 0.2) is 0 Å². The van der Waals surface area contributed by atoms with Gasteiger partial charge in [-0.05, 0) is 44.8 Å². The van der Waals surface area contributed by atoms with Crippen LogP contribution in [0.25, 0.3) is 11.1 Å². The topological polar surface area (TPSA) is 86.7 Å². The summed E-state index contributed by atoms with van der Waals surface area (Å²) >= 11 is 0. The van der Waals surface area contributed by atoms with E-state index in [9.17, 15) is 10.1 Å². The molecule has 0 bridgehead atoms. The molecule has 0 saturated heterocycles. The Morgan fingerprint density at radius 2 is 1.41 bits per heavy atom. The predicted octanol–water partition coefficient (Wildman–Crippen LogP) is 3.89. The van der Waals surface area contributed by atoms with Crippen LogP contribution in [0, 0.1) is 10.1 Å². The van der Waals surface area contributed by atoms with Gasteiger partial charge >= 0.3 is 0 Å². The molecule has 0 aliphatic rings. The van der Waals surface area contributed by atoms with Crippen LogP contribution < -0.4 is 0 Å². The van der Waals surface area contributed by atoms with Gasteiger partial charge in [-0.3, -0.25) is 10.1 Å². The second-order valence-corrected chi connectivity index (χ2v) is 6.03. The largest absolute Gasteiger partial charge is 0.269 e. The van der Waals surface area contributed by atoms with Crippen LogP contribution in [0.1, 0.15) is 17.2 Å². The van der Waals surface area contributed by atoms with E-state index in [1.165, 1.54) is 18.5 Å². The lowest BCUT2D eigenvalue weighted by atomic mass is 9.96. The summed E-state index contributed by atoms with van der Waals surface area (Å²) in [6.07, 6.45) is 1.54. The molecule has 1 unspecified atom stereocenters. The Labute approximate surface area is 155 Å². The van der Waals surface area contributed by atoms with Crippen molar-refractivity contribution in [3.05, 3.63) is 106 Å². The lowest BCUT2D eigenvalue weighted by Crippen LogP contribution is -2.13. The third kappa shape index (κ3) is 3.43. The number of rotatable bonds is 5. The number of hydrogen-bond donors (Lipinski definition) is 0. The van der Waals surface area contributed by atoms with E-state index in [1.807, 2.05) is 42.5 Å². The van der Waals surface area contributed by atoms with Crippen molar-refractivity contribution in [1.29, 1.82) is 0 Å². The molecule has 0 saturated carbocycles. The van der Waals surface area contributed by atoms with Gasteiger partial charge in [0.2, 0.25) is 0 Å². The van der Waals surface area contributed by atoms with Crippen LogP contribution >= 0.6 is 0 Å². The third-order valence-corrected chi connectivity index (χ3v) is 4.38. The first kappa shape index (κ1) is 16.6. The Morgan fingerprint density at radius 3 is 1.96 bits per heavy atom. The van der Waals surface area contributed by atoms with Gasteiger partial charge in [-0.15, -0.1) is 5.10 Å². The maximum atomic E-state index is 10.9. The second-order valence-electron chi connectivity index (χ2n) is 6.03. The molecule has 132 valence electrons. The number of tetrazole rings is 1. The van der Waals surface area contributed by atoms with Crippen molar-refractivity contribution in [2.24, 2.45) is 0 Å². The predicted molar refractivity (Wildman–Crippen MR) is 100 cm³/mol. The zero-order valence-corrected chi connectivity index (χ0v) is 14.2. The van der Waals surface area contributed by atoms with E-state index in [1.54, 1.807) is 16.8 Å². The molecule has 0 N–H and O–H groups in total. The molecule has 0 aliphatic carbocycles. The minimum Gasteiger partial charge on any atom is -0.258 e. The number of nitro groups is 1. The van der Waals surface area contributed by atoms with Crippen LogP contribution in [0.2, 0.25) is 0 Å². The zero-order valence-electron chi connectivity index (χ0n) is 14.2. The summed E-state index contributed by atoms with van der Waals surface area (Å²) < 4.78 is 1.64. The second kappa shape index (κ2) is 7.17. The van der Waals surface area contributed by atoms with Gasteiger partial charge in [0.1, 0.15) is 12.4 Å². The number of benzene rings is 3. The number of aromatic nitrogens is 4. The van der Waals surface area contributed by atoms with Crippen molar-refractivity contribution in [3.8, 4) is 11.1 Å². The zero-order chi connectivity index (χ0) is 18.6. The van der Waals surface area contributed by atoms with E-state index in [4.69, 9.17) is 0 Å². The molecule has 1 aromatic heterocycles. The SMILES string of the molecule is O=[N+]([O-])c1ccc(C(c2ccc(-c3ccccc3)cc2)n2cnnn2)cc1. The average Bonchev–Trinajstić information content (AvgIpc) is 3.24. The van der Waals surface area contributed by atoms with Crippen LogP contribution in [0.5, 0.6) is 0 Å². The highest BCUT2D eigenvalue weighted by Crippen LogP contribution is 2.29. The van der Waals surface area contributed by atoms with E-state index in [0.29, 0.717) is 0 Å². The fraction of sp³-hybridized carbons (Fsp3) is 0.0500. The minimum atomic E-state index is -0.412. The van der Waals surface area contributed by atoms with Gasteiger partial charge in [-0.1, -0.05) is 54.6 Å². The Kier molecular flexibility index (Phi) is 4.40. The summed E-state index contributed by atoms with van der Waals surface area (Å²) in [5.41, 5.74) is 4.14. The molecule has 0 spiro atoms. The molecule has 7 nitrogen and oxygen atoms in total. The van der Waals surface area contributed by atoms with Gasteiger partial charge in [0.05, 0.1) is 4.92 Å². The summed E-state index contributed by atoms with van der Waals surface area (Å²) in [6, 6.07) is 24.4. The maximum Gasteiger partial charge on any atom is 0.269 e. The van der Waals surface area contributed by atoms with Crippen molar-refractivity contribution < 1.29 is 4.92 Å². The molecule has 4 rings (SSSR count). The molecular formula is C20H15N5O2. The van der Waals surface area contributed by atoms with Crippen molar-refractivity contribution in [2.75, 3.05) is 0 Å². The standard InChI is InChI=1S/C20H15N5O2/c26-25(27)19-12-10-18(11-13-19)20(24-14-21-22-23-24)17-8-6-16(7-9-17)15-4-2-1-3-5-15/h1-14,20H. The van der Waals surface area contributed by atoms with Gasteiger partial charge in [-0.25, -0.2) is 4.68 Å². The molecule has 1 atom stereocenters. The Balaban J connectivity index is 1.72. The van der Waals surface area contributed by atoms with Gasteiger partial charge in [-0.2, -0.15) is 0 Å². The van der Waals surface area contributed by atoms with Crippen LogP contribution in [-0.4, -0.2) is 25.1 Å². The molecule has 7 heteroatoms. The molecule has 0 fully saturated rings. The van der Waals surface area contributed by atoms with Crippen LogP contribution in [0.15, 0.2) is 85.2 Å². The number of nitrogens with zero attached hydrogens (tertiary/aromatic N) is 5. The first-order valence-corrected chi connectivity index (χ1v) is 8.34. The number of non-ortho nitro benzene ring substituents is 1. The van der Waals surface area contributed by atoms with Crippen LogP contribution in [0.3, 0.4) is 0 Å². The highest BCUT2D eigenvalue weighted by atomic mass is 16.6. The van der Waals surface area contributed by atoms with Crippen molar-refractivity contribution in [1.82, 2.24) is 20.2 Å². The summed E-state index contributed by atoms with van der Waals surface area (Å²) in [5, 5.41) is 22.4. The molecule has 0 amide bonds. The highest BCUT2D eigenvalue weighted by Gasteiger charge is 2.19. The lowest BCUT2D eigenvalue weighted by Gasteiger charge is -2.18. The van der Waals surface area contributed by atoms with Crippen molar-refractivity contribution in [3.63, 3.8) is 0 Å². The fourth-order valence-electron chi connectivity index (χ4n) is 3.05. The number of nitro benzene ring substituents is 1. The van der Waals surface area contributed by atoms with Gasteiger partial charge in [0.25, 0.3) is 5.69 Å². The monoisotopic (exact) mass is 357 g/mol. The summed E-state index contributed by atoms with van der Waals surface area (Å²) in [6.45, 7) is 0. The summed E-state index contributed by atoms with van der Waals surface area (Å²) in [5.74, 6) is 0. The first-order chi connectivity index (χ1) is 13.2. The molecule has 27 heavy (non-hydrogen) atoms. The Morgan fingerprint density at radius 1 is 0.815 bits per heavy atom. The molecule has 0 radical (unpaired) electrons. The molecular weight excluding hydrogens is 342 g/mol. The van der Waals surface area contributed by atoms with Crippen LogP contribution in [0.4, 0.5) is 5.69 Å². The normalized spacial score (nSPS) is 11.9. The van der Waals surface area contributed by atoms with E-state index >= 15 is 0 Å². The maximum absolute atomic E-state index is 10.9. The Hall–Kier alpha value is -3.87. The molecule has 4 aromatic rings. The van der Waals surface area contributed by atoms with E-state index in [-0.39, 0.29) is 11.7 Å². The first-order valence-electron chi connectivity index (χ1n) is 8.34. The molecule has 3 aromatic carbocycles. The molecule has 0 aliphatic heterocycles. The summed E-state index contributed by atoms with van der Waals surface area (Å²) in [7, 11) is 0. The van der Waals surface area contributed by atoms with E-state index in [2.05, 4.69) is 27.7 Å². The molecule has 1 heterocycles. The van der Waals surface area contributed by atoms with Crippen molar-refractivity contribution >= 4 is 5.69 Å².